The minimum absolute atomic E-state index is 0. The molecule has 6 aromatic carbocycles. The van der Waals surface area contributed by atoms with E-state index in [2.05, 4.69) is 55.2 Å². The van der Waals surface area contributed by atoms with Gasteiger partial charge in [0.05, 0.1) is 33.7 Å². The predicted octanol–water partition coefficient (Wildman–Crippen LogP) is 8.24. The van der Waals surface area contributed by atoms with Crippen LogP contribution in [0.3, 0.4) is 0 Å². The Morgan fingerprint density at radius 1 is 0.847 bits per heavy atom. The number of phenolic OH excluding ortho intramolecular Hbond substituents is 1. The van der Waals surface area contributed by atoms with Crippen LogP contribution in [0.2, 0.25) is 0 Å². The summed E-state index contributed by atoms with van der Waals surface area (Å²) in [6.45, 7) is 1.99. The number of hydrogen-bond donors (Lipinski definition) is 6. The van der Waals surface area contributed by atoms with Gasteiger partial charge in [-0.15, -0.1) is 0 Å². The predicted molar refractivity (Wildman–Crippen MR) is 325 cm³/mol. The smallest absolute Gasteiger partial charge is 0.748 e. The van der Waals surface area contributed by atoms with E-state index in [1.165, 1.54) is 0 Å². The molecular formula is C71H78N3NaO9S. The summed E-state index contributed by atoms with van der Waals surface area (Å²) in [6.07, 6.45) is 8.68. The number of phenols is 1. The van der Waals surface area contributed by atoms with E-state index in [4.69, 9.17) is 25.9 Å². The zero-order valence-corrected chi connectivity index (χ0v) is 51.7. The molecule has 13 atom stereocenters. The van der Waals surface area contributed by atoms with Crippen LogP contribution in [0.4, 0.5) is 0 Å². The molecule has 5 aliphatic heterocycles. The summed E-state index contributed by atoms with van der Waals surface area (Å²) in [5.74, 6) is 4.67. The molecule has 8 N–H and O–H groups in total. The molecule has 2 fully saturated rings. The fourth-order valence-corrected chi connectivity index (χ4v) is 16.9. The molecule has 0 aromatic heterocycles. The van der Waals surface area contributed by atoms with Crippen molar-refractivity contribution >= 4 is 16.1 Å². The summed E-state index contributed by atoms with van der Waals surface area (Å²) in [5.41, 5.74) is 21.4. The van der Waals surface area contributed by atoms with Crippen molar-refractivity contribution in [2.24, 2.45) is 46.0 Å². The Bertz CT molecular complexity index is 3600. The van der Waals surface area contributed by atoms with Crippen molar-refractivity contribution in [2.75, 3.05) is 6.61 Å². The number of fused-ring (bicyclic) bond motifs is 9. The molecule has 12 nitrogen and oxygen atoms in total. The largest absolute Gasteiger partial charge is 1.00 e. The molecule has 6 aromatic rings. The number of aliphatic hydroxyl groups is 3. The van der Waals surface area contributed by atoms with Crippen LogP contribution in [0.25, 0.3) is 0 Å². The average molecular weight is 1170 g/mol. The first-order chi connectivity index (χ1) is 40.5. The van der Waals surface area contributed by atoms with Crippen LogP contribution in [0.1, 0.15) is 163 Å². The number of aliphatic hydroxyl groups excluding tert-OH is 2. The van der Waals surface area contributed by atoms with E-state index in [-0.39, 0.29) is 103 Å². The Morgan fingerprint density at radius 3 is 2.32 bits per heavy atom. The van der Waals surface area contributed by atoms with Gasteiger partial charge in [0.2, 0.25) is 5.72 Å². The standard InChI is InChI=1S/C71H79N3O9S.Na/c1-44-17-18-51-36-60-26-28-62(51)64(44)39-66(84(79,80)81)65-38-56-34-55(37-61-32-47(42-75)14-8-15-50-35-59(77)25-27-63(50)68(56)82-61)67(65)48-21-23-57(24-22-48)71(83-60,74-69(72)73)41-58(31-46-12-6-3-7-13-46)70(78)29-9-16-52(40-70)49-19-20-53(43-76)54(33-49)30-45-10-4-2-5-11-45;/h2-7,10-13,19-28,33,35-36,38,44,47,52,55,58,61,64-68,75-78H,9,14,16-18,29-32,34,37,39-43H2,1H3,(H4,72,73,74)(H,79,80,81);/q;+1/p-1. The van der Waals surface area contributed by atoms with Crippen LogP contribution in [-0.2, 0) is 46.4 Å². The SMILES string of the molecule is CC1CCc2cc3ccc2C1CC(S(=O)(=O)[O-])C1C=C2CC(CC4CC(CO)CC#Cc5cc(O)ccc5C2O4)C1c1ccc(cc1)C(CC(Cc1ccccc1)C1(O)CCCC(c2ccc(CO)c(Cc4ccccc4)c2)C1)(N=C(N)N)O3.[Na+]. The molecule has 8 aliphatic rings. The number of nitrogens with two attached hydrogens (primary N) is 2. The van der Waals surface area contributed by atoms with Gasteiger partial charge in [-0.1, -0.05) is 140 Å². The molecule has 85 heavy (non-hydrogen) atoms. The minimum atomic E-state index is -4.96. The number of aryl methyl sites for hydroxylation is 1. The third kappa shape index (κ3) is 13.0. The molecule has 14 heteroatoms. The van der Waals surface area contributed by atoms with Crippen molar-refractivity contribution < 1.29 is 72.4 Å². The second-order valence-electron chi connectivity index (χ2n) is 25.4. The number of aliphatic imine (C=N–C) groups is 1. The molecule has 0 spiro atoms. The Morgan fingerprint density at radius 2 is 1.59 bits per heavy atom. The molecule has 438 valence electrons. The third-order valence-electron chi connectivity index (χ3n) is 20.0. The maximum Gasteiger partial charge on any atom is 1.00 e. The maximum absolute atomic E-state index is 14.4. The van der Waals surface area contributed by atoms with Crippen molar-refractivity contribution in [3.05, 3.63) is 212 Å². The fraction of sp³-hybridized carbons (Fsp3) is 0.423. The van der Waals surface area contributed by atoms with Gasteiger partial charge in [0.15, 0.2) is 5.96 Å². The molecule has 10 bridgehead atoms. The number of allylic oxidation sites excluding steroid dienone is 1. The van der Waals surface area contributed by atoms with Crippen LogP contribution >= 0.6 is 0 Å². The number of guanidine groups is 1. The molecule has 1 saturated heterocycles. The Labute approximate surface area is 523 Å². The molecule has 14 rings (SSSR count). The molecule has 1 saturated carbocycles. The van der Waals surface area contributed by atoms with Crippen LogP contribution in [0.15, 0.2) is 156 Å². The number of aromatic hydroxyl groups is 1. The normalized spacial score (nSPS) is 29.0. The maximum atomic E-state index is 14.4. The van der Waals surface area contributed by atoms with Crippen LogP contribution in [0.5, 0.6) is 11.5 Å². The average Bonchev–Trinajstić information content (AvgIpc) is 3.92. The second kappa shape index (κ2) is 25.5. The zero-order chi connectivity index (χ0) is 58.3. The van der Waals surface area contributed by atoms with Gasteiger partial charge in [0.25, 0.3) is 0 Å². The van der Waals surface area contributed by atoms with Gasteiger partial charge in [-0.3, -0.25) is 0 Å². The Hall–Kier alpha value is -5.76. The summed E-state index contributed by atoms with van der Waals surface area (Å²) in [4.78, 5) is 5.18. The van der Waals surface area contributed by atoms with E-state index < -0.39 is 50.6 Å². The minimum Gasteiger partial charge on any atom is -0.748 e. The Balaban J connectivity index is 0.00000752. The van der Waals surface area contributed by atoms with Crippen LogP contribution in [-0.4, -0.2) is 62.9 Å². The summed E-state index contributed by atoms with van der Waals surface area (Å²) in [7, 11) is -4.96. The molecule has 0 amide bonds. The number of benzene rings is 6. The van der Waals surface area contributed by atoms with Crippen molar-refractivity contribution in [2.45, 2.75) is 150 Å². The van der Waals surface area contributed by atoms with Crippen molar-refractivity contribution in [3.63, 3.8) is 0 Å². The molecule has 5 heterocycles. The van der Waals surface area contributed by atoms with Gasteiger partial charge < -0.3 is 45.9 Å². The Kier molecular flexibility index (Phi) is 18.3. The second-order valence-corrected chi connectivity index (χ2v) is 27.0. The number of hydrogen-bond acceptors (Lipinski definition) is 10. The van der Waals surface area contributed by atoms with Crippen LogP contribution in [0, 0.1) is 41.4 Å². The summed E-state index contributed by atoms with van der Waals surface area (Å²) >= 11 is 0. The number of ether oxygens (including phenoxy) is 2. The van der Waals surface area contributed by atoms with Gasteiger partial charge in [-0.25, -0.2) is 13.4 Å². The molecular weight excluding hydrogens is 1090 g/mol. The van der Waals surface area contributed by atoms with E-state index in [0.717, 1.165) is 74.9 Å². The summed E-state index contributed by atoms with van der Waals surface area (Å²) in [6, 6.07) is 46.0. The van der Waals surface area contributed by atoms with Crippen molar-refractivity contribution in [1.29, 1.82) is 0 Å². The number of nitrogens with zero attached hydrogens (tertiary/aromatic N) is 1. The summed E-state index contributed by atoms with van der Waals surface area (Å²) in [5, 5.41) is 44.3. The molecule has 13 unspecified atom stereocenters. The zero-order valence-electron chi connectivity index (χ0n) is 48.9. The van der Waals surface area contributed by atoms with Crippen molar-refractivity contribution in [3.8, 4) is 23.3 Å². The first-order valence-electron chi connectivity index (χ1n) is 30.3. The third-order valence-corrected chi connectivity index (χ3v) is 21.3. The van der Waals surface area contributed by atoms with Crippen molar-refractivity contribution in [1.82, 2.24) is 0 Å². The van der Waals surface area contributed by atoms with Gasteiger partial charge in [-0.2, -0.15) is 0 Å². The molecule has 0 radical (unpaired) electrons. The van der Waals surface area contributed by atoms with Gasteiger partial charge in [0.1, 0.15) is 17.6 Å². The van der Waals surface area contributed by atoms with Gasteiger partial charge >= 0.3 is 29.6 Å². The topological polar surface area (TPSA) is 221 Å². The molecule has 3 aliphatic carbocycles. The monoisotopic (exact) mass is 1170 g/mol. The van der Waals surface area contributed by atoms with Gasteiger partial charge in [-0.05, 0) is 199 Å². The van der Waals surface area contributed by atoms with E-state index in [9.17, 15) is 33.4 Å². The van der Waals surface area contributed by atoms with E-state index in [1.54, 1.807) is 12.1 Å². The summed E-state index contributed by atoms with van der Waals surface area (Å²) < 4.78 is 57.8. The van der Waals surface area contributed by atoms with E-state index in [1.807, 2.05) is 97.1 Å². The number of rotatable bonds is 12. The first-order valence-corrected chi connectivity index (χ1v) is 31.8. The van der Waals surface area contributed by atoms with E-state index in [0.29, 0.717) is 74.7 Å². The van der Waals surface area contributed by atoms with Crippen LogP contribution < -0.4 is 45.8 Å². The first kappa shape index (κ1) is 60.9. The quantitative estimate of drug-likeness (QED) is 0.0171. The van der Waals surface area contributed by atoms with E-state index >= 15 is 0 Å². The van der Waals surface area contributed by atoms with Gasteiger partial charge in [0, 0.05) is 36.1 Å². The fourth-order valence-electron chi connectivity index (χ4n) is 15.9.